The molecule has 1 aromatic rings. The summed E-state index contributed by atoms with van der Waals surface area (Å²) in [5.41, 5.74) is 1.39. The van der Waals surface area contributed by atoms with Crippen molar-refractivity contribution < 1.29 is 37.5 Å². The molecule has 0 aromatic heterocycles. The first-order valence-corrected chi connectivity index (χ1v) is 11.3. The minimum Gasteiger partial charge on any atom is -0.376 e. The summed E-state index contributed by atoms with van der Waals surface area (Å²) in [7, 11) is 0. The average molecular weight is 501 g/mol. The fraction of sp³-hybridized carbons (Fsp3) is 0.565. The molecule has 1 fully saturated rings. The Morgan fingerprint density at radius 2 is 1.77 bits per heavy atom. The first-order valence-electron chi connectivity index (χ1n) is 11.3. The largest absolute Gasteiger partial charge is 0.421 e. The number of alkyl halides is 3. The molecule has 2 unspecified atom stereocenters. The predicted octanol–water partition coefficient (Wildman–Crippen LogP) is 0.854. The van der Waals surface area contributed by atoms with Gasteiger partial charge in [0, 0.05) is 12.5 Å². The highest BCUT2D eigenvalue weighted by Crippen LogP contribution is 2.41. The average Bonchev–Trinajstić information content (AvgIpc) is 3.16. The zero-order chi connectivity index (χ0) is 26.4. The zero-order valence-corrected chi connectivity index (χ0v) is 19.5. The van der Waals surface area contributed by atoms with Crippen LogP contribution in [0.4, 0.5) is 13.2 Å². The SMILES string of the molecule is CC(C)CC(NC(=O)CC(O)(c1ccccc1)C(F)(F)F)C(=O)N[C@@H](C[C@@H]1CCNC1=O)C(N)=O. The van der Waals surface area contributed by atoms with Crippen molar-refractivity contribution in [2.75, 3.05) is 6.54 Å². The minimum absolute atomic E-state index is 0.0444. The second kappa shape index (κ2) is 11.5. The summed E-state index contributed by atoms with van der Waals surface area (Å²) in [4.78, 5) is 49.2. The fourth-order valence-electron chi connectivity index (χ4n) is 3.93. The molecule has 1 saturated heterocycles. The van der Waals surface area contributed by atoms with Crippen molar-refractivity contribution in [3.8, 4) is 0 Å². The van der Waals surface area contributed by atoms with Crippen LogP contribution >= 0.6 is 0 Å². The standard InChI is InChI=1S/C23H31F3N4O5/c1-13(2)10-17(21(34)30-16(19(27)32)11-14-8-9-28-20(14)33)29-18(31)12-22(35,23(24,25)26)15-6-4-3-5-7-15/h3-7,13-14,16-17,35H,8-12H2,1-2H3,(H2,27,32)(H,28,33)(H,29,31)(H,30,34)/t14-,16-,17?,22?/m0/s1. The van der Waals surface area contributed by atoms with Crippen LogP contribution in [-0.4, -0.2) is 53.5 Å². The van der Waals surface area contributed by atoms with E-state index >= 15 is 0 Å². The first kappa shape index (κ1) is 28.1. The maximum atomic E-state index is 13.7. The van der Waals surface area contributed by atoms with E-state index in [4.69, 9.17) is 5.73 Å². The Morgan fingerprint density at radius 1 is 1.14 bits per heavy atom. The van der Waals surface area contributed by atoms with Crippen LogP contribution in [0.3, 0.4) is 0 Å². The van der Waals surface area contributed by atoms with Crippen LogP contribution in [0.25, 0.3) is 0 Å². The number of amides is 4. The molecule has 0 aliphatic carbocycles. The number of nitrogens with one attached hydrogen (secondary N) is 3. The molecule has 1 heterocycles. The van der Waals surface area contributed by atoms with E-state index in [0.717, 1.165) is 12.1 Å². The number of primary amides is 1. The van der Waals surface area contributed by atoms with E-state index in [9.17, 15) is 37.5 Å². The van der Waals surface area contributed by atoms with Crippen molar-refractivity contribution in [2.45, 2.75) is 63.4 Å². The molecule has 35 heavy (non-hydrogen) atoms. The first-order chi connectivity index (χ1) is 16.2. The molecule has 1 aliphatic heterocycles. The van der Waals surface area contributed by atoms with Gasteiger partial charge in [-0.1, -0.05) is 44.2 Å². The molecule has 2 rings (SSSR count). The van der Waals surface area contributed by atoms with Gasteiger partial charge in [-0.25, -0.2) is 0 Å². The molecular formula is C23H31F3N4O5. The fourth-order valence-corrected chi connectivity index (χ4v) is 3.93. The molecule has 0 spiro atoms. The van der Waals surface area contributed by atoms with Gasteiger partial charge >= 0.3 is 6.18 Å². The number of nitrogens with two attached hydrogens (primary N) is 1. The Bertz CT molecular complexity index is 925. The summed E-state index contributed by atoms with van der Waals surface area (Å²) in [5, 5.41) is 17.7. The van der Waals surface area contributed by atoms with E-state index in [-0.39, 0.29) is 24.7 Å². The Hall–Kier alpha value is -3.15. The topological polar surface area (TPSA) is 151 Å². The van der Waals surface area contributed by atoms with Gasteiger partial charge in [-0.05, 0) is 30.7 Å². The van der Waals surface area contributed by atoms with Gasteiger partial charge in [0.05, 0.1) is 6.42 Å². The predicted molar refractivity (Wildman–Crippen MR) is 119 cm³/mol. The lowest BCUT2D eigenvalue weighted by Crippen LogP contribution is -2.55. The maximum Gasteiger partial charge on any atom is 0.421 e. The van der Waals surface area contributed by atoms with Crippen LogP contribution in [0.15, 0.2) is 30.3 Å². The van der Waals surface area contributed by atoms with Gasteiger partial charge in [0.1, 0.15) is 12.1 Å². The minimum atomic E-state index is -5.17. The van der Waals surface area contributed by atoms with Crippen LogP contribution in [0.5, 0.6) is 0 Å². The number of carbonyl (C=O) groups is 4. The van der Waals surface area contributed by atoms with Crippen LogP contribution < -0.4 is 21.7 Å². The molecule has 4 atom stereocenters. The second-order valence-electron chi connectivity index (χ2n) is 9.13. The van der Waals surface area contributed by atoms with E-state index < -0.39 is 59.5 Å². The number of carbonyl (C=O) groups excluding carboxylic acids is 4. The summed E-state index contributed by atoms with van der Waals surface area (Å²) >= 11 is 0. The van der Waals surface area contributed by atoms with Gasteiger partial charge in [-0.3, -0.25) is 19.2 Å². The van der Waals surface area contributed by atoms with Crippen molar-refractivity contribution >= 4 is 23.6 Å². The van der Waals surface area contributed by atoms with Crippen molar-refractivity contribution in [1.29, 1.82) is 0 Å². The lowest BCUT2D eigenvalue weighted by atomic mass is 9.89. The van der Waals surface area contributed by atoms with Crippen LogP contribution in [0, 0.1) is 11.8 Å². The van der Waals surface area contributed by atoms with Crippen molar-refractivity contribution in [2.24, 2.45) is 17.6 Å². The third-order valence-electron chi connectivity index (χ3n) is 5.84. The van der Waals surface area contributed by atoms with Gasteiger partial charge in [-0.2, -0.15) is 13.2 Å². The monoisotopic (exact) mass is 500 g/mol. The smallest absolute Gasteiger partial charge is 0.376 e. The Labute approximate surface area is 201 Å². The lowest BCUT2D eigenvalue weighted by Gasteiger charge is -2.31. The highest BCUT2D eigenvalue weighted by Gasteiger charge is 2.56. The summed E-state index contributed by atoms with van der Waals surface area (Å²) in [6.07, 6.45) is -6.08. The summed E-state index contributed by atoms with van der Waals surface area (Å²) in [6.45, 7) is 3.90. The van der Waals surface area contributed by atoms with Crippen molar-refractivity contribution in [1.82, 2.24) is 16.0 Å². The lowest BCUT2D eigenvalue weighted by molar-refractivity contribution is -0.267. The van der Waals surface area contributed by atoms with Gasteiger partial charge in [0.25, 0.3) is 0 Å². The summed E-state index contributed by atoms with van der Waals surface area (Å²) < 4.78 is 41.2. The molecule has 1 aromatic carbocycles. The van der Waals surface area contributed by atoms with E-state index in [2.05, 4.69) is 16.0 Å². The molecule has 0 radical (unpaired) electrons. The number of hydrogen-bond donors (Lipinski definition) is 5. The second-order valence-corrected chi connectivity index (χ2v) is 9.13. The summed E-state index contributed by atoms with van der Waals surface area (Å²) in [5.74, 6) is -3.88. The molecule has 1 aliphatic rings. The normalized spacial score (nSPS) is 19.4. The van der Waals surface area contributed by atoms with Crippen LogP contribution in [0.1, 0.15) is 45.1 Å². The van der Waals surface area contributed by atoms with Crippen LogP contribution in [0.2, 0.25) is 0 Å². The van der Waals surface area contributed by atoms with Crippen molar-refractivity contribution in [3.63, 3.8) is 0 Å². The van der Waals surface area contributed by atoms with Gasteiger partial charge < -0.3 is 26.8 Å². The quantitative estimate of drug-likeness (QED) is 0.305. The molecule has 4 amide bonds. The van der Waals surface area contributed by atoms with E-state index in [1.807, 2.05) is 0 Å². The molecular weight excluding hydrogens is 469 g/mol. The molecule has 0 bridgehead atoms. The highest BCUT2D eigenvalue weighted by atomic mass is 19.4. The van der Waals surface area contributed by atoms with Crippen molar-refractivity contribution in [3.05, 3.63) is 35.9 Å². The third kappa shape index (κ3) is 7.41. The molecule has 0 saturated carbocycles. The number of benzene rings is 1. The molecule has 12 heteroatoms. The van der Waals surface area contributed by atoms with E-state index in [1.54, 1.807) is 13.8 Å². The number of hydrogen-bond acceptors (Lipinski definition) is 5. The Balaban J connectivity index is 2.17. The Morgan fingerprint density at radius 3 is 2.26 bits per heavy atom. The van der Waals surface area contributed by atoms with Gasteiger partial charge in [0.15, 0.2) is 5.60 Å². The third-order valence-corrected chi connectivity index (χ3v) is 5.84. The molecule has 6 N–H and O–H groups in total. The van der Waals surface area contributed by atoms with Gasteiger partial charge in [-0.15, -0.1) is 0 Å². The zero-order valence-electron chi connectivity index (χ0n) is 19.5. The number of rotatable bonds is 11. The van der Waals surface area contributed by atoms with E-state index in [0.29, 0.717) is 13.0 Å². The highest BCUT2D eigenvalue weighted by molar-refractivity contribution is 5.92. The maximum absolute atomic E-state index is 13.7. The summed E-state index contributed by atoms with van der Waals surface area (Å²) in [6, 6.07) is 3.66. The van der Waals surface area contributed by atoms with Crippen LogP contribution in [-0.2, 0) is 24.8 Å². The van der Waals surface area contributed by atoms with E-state index in [1.165, 1.54) is 18.2 Å². The Kier molecular flexibility index (Phi) is 9.24. The number of aliphatic hydroxyl groups is 1. The number of halogens is 3. The molecule has 9 nitrogen and oxygen atoms in total. The van der Waals surface area contributed by atoms with Gasteiger partial charge in [0.2, 0.25) is 23.6 Å². The molecule has 194 valence electrons.